The summed E-state index contributed by atoms with van der Waals surface area (Å²) in [7, 11) is 4.47. The molecule has 0 saturated carbocycles. The van der Waals surface area contributed by atoms with Crippen molar-refractivity contribution in [3.8, 4) is 17.2 Å². The zero-order valence-corrected chi connectivity index (χ0v) is 14.7. The zero-order chi connectivity index (χ0) is 18.1. The van der Waals surface area contributed by atoms with Crippen molar-refractivity contribution in [3.05, 3.63) is 17.7 Å². The molecule has 24 heavy (non-hydrogen) atoms. The molecule has 1 aromatic carbocycles. The third-order valence-electron chi connectivity index (χ3n) is 3.38. The Kier molecular flexibility index (Phi) is 7.88. The molecule has 0 aromatic heterocycles. The molecule has 0 heterocycles. The van der Waals surface area contributed by atoms with E-state index in [9.17, 15) is 9.59 Å². The minimum atomic E-state index is -1.11. The van der Waals surface area contributed by atoms with E-state index in [0.717, 1.165) is 0 Å². The molecular weight excluding hydrogens is 316 g/mol. The number of esters is 2. The van der Waals surface area contributed by atoms with Crippen LogP contribution in [0.1, 0.15) is 19.4 Å². The molecule has 0 spiro atoms. The van der Waals surface area contributed by atoms with Gasteiger partial charge in [0.15, 0.2) is 17.4 Å². The smallest absolute Gasteiger partial charge is 0.320 e. The molecule has 0 aliphatic rings. The van der Waals surface area contributed by atoms with Crippen LogP contribution in [-0.4, -0.2) is 46.5 Å². The molecular formula is C17H24O7. The number of hydrogen-bond donors (Lipinski definition) is 0. The summed E-state index contributed by atoms with van der Waals surface area (Å²) in [4.78, 5) is 24.4. The van der Waals surface area contributed by atoms with Gasteiger partial charge in [-0.15, -0.1) is 0 Å². The predicted molar refractivity (Wildman–Crippen MR) is 86.6 cm³/mol. The molecule has 7 nitrogen and oxygen atoms in total. The normalized spacial score (nSPS) is 10.2. The Morgan fingerprint density at radius 1 is 0.875 bits per heavy atom. The second-order valence-electron chi connectivity index (χ2n) is 4.74. The van der Waals surface area contributed by atoms with Gasteiger partial charge in [0.05, 0.1) is 34.5 Å². The lowest BCUT2D eigenvalue weighted by atomic mass is 9.97. The van der Waals surface area contributed by atoms with Crippen molar-refractivity contribution in [3.63, 3.8) is 0 Å². The number of rotatable bonds is 9. The number of methoxy groups -OCH3 is 3. The highest BCUT2D eigenvalue weighted by atomic mass is 16.6. The van der Waals surface area contributed by atoms with Gasteiger partial charge in [-0.1, -0.05) is 0 Å². The molecule has 0 bridgehead atoms. The standard InChI is InChI=1S/C17H24O7/c1-6-23-16(18)12(17(19)24-7-2)10-11-13(20-3)8-9-14(21-4)15(11)22-5/h8-9,12H,6-7,10H2,1-5H3. The maximum atomic E-state index is 12.2. The van der Waals surface area contributed by atoms with Gasteiger partial charge in [0.25, 0.3) is 0 Å². The van der Waals surface area contributed by atoms with Crippen molar-refractivity contribution in [1.29, 1.82) is 0 Å². The molecule has 0 N–H and O–H groups in total. The van der Waals surface area contributed by atoms with Crippen molar-refractivity contribution < 1.29 is 33.3 Å². The quantitative estimate of drug-likeness (QED) is 0.502. The average molecular weight is 340 g/mol. The molecule has 0 aliphatic heterocycles. The van der Waals surface area contributed by atoms with Crippen molar-refractivity contribution in [1.82, 2.24) is 0 Å². The Balaban J connectivity index is 3.29. The zero-order valence-electron chi connectivity index (χ0n) is 14.7. The second-order valence-corrected chi connectivity index (χ2v) is 4.74. The Bertz CT molecular complexity index is 550. The van der Waals surface area contributed by atoms with E-state index in [4.69, 9.17) is 23.7 Å². The minimum Gasteiger partial charge on any atom is -0.496 e. The fourth-order valence-electron chi connectivity index (χ4n) is 2.31. The van der Waals surface area contributed by atoms with Crippen LogP contribution in [0.2, 0.25) is 0 Å². The lowest BCUT2D eigenvalue weighted by molar-refractivity contribution is -0.161. The fourth-order valence-corrected chi connectivity index (χ4v) is 2.31. The van der Waals surface area contributed by atoms with Gasteiger partial charge in [-0.3, -0.25) is 9.59 Å². The van der Waals surface area contributed by atoms with Crippen molar-refractivity contribution in [2.24, 2.45) is 5.92 Å². The molecule has 1 aromatic rings. The summed E-state index contributed by atoms with van der Waals surface area (Å²) in [5.74, 6) is -1.06. The number of benzene rings is 1. The minimum absolute atomic E-state index is 0.0151. The molecule has 134 valence electrons. The Morgan fingerprint density at radius 3 is 1.79 bits per heavy atom. The van der Waals surface area contributed by atoms with Crippen LogP contribution >= 0.6 is 0 Å². The van der Waals surface area contributed by atoms with E-state index >= 15 is 0 Å². The molecule has 0 saturated heterocycles. The third kappa shape index (κ3) is 4.53. The van der Waals surface area contributed by atoms with Crippen LogP contribution in [0.3, 0.4) is 0 Å². The molecule has 0 amide bonds. The monoisotopic (exact) mass is 340 g/mol. The molecule has 0 atom stereocenters. The summed E-state index contributed by atoms with van der Waals surface area (Å²) in [6.45, 7) is 3.68. The Hall–Kier alpha value is -2.44. The van der Waals surface area contributed by atoms with Crippen molar-refractivity contribution >= 4 is 11.9 Å². The summed E-state index contributed by atoms with van der Waals surface area (Å²) < 4.78 is 26.0. The van der Waals surface area contributed by atoms with E-state index in [1.807, 2.05) is 0 Å². The molecule has 0 radical (unpaired) electrons. The van der Waals surface area contributed by atoms with E-state index in [1.54, 1.807) is 26.0 Å². The molecule has 0 aliphatic carbocycles. The first-order valence-electron chi connectivity index (χ1n) is 7.65. The van der Waals surface area contributed by atoms with Gasteiger partial charge in [0.2, 0.25) is 0 Å². The highest BCUT2D eigenvalue weighted by molar-refractivity contribution is 5.95. The molecule has 7 heteroatoms. The average Bonchev–Trinajstić information content (AvgIpc) is 2.58. The van der Waals surface area contributed by atoms with Gasteiger partial charge in [-0.2, -0.15) is 0 Å². The first kappa shape index (κ1) is 19.6. The van der Waals surface area contributed by atoms with Gasteiger partial charge in [0.1, 0.15) is 5.75 Å². The number of carbonyl (C=O) groups excluding carboxylic acids is 2. The van der Waals surface area contributed by atoms with Crippen LogP contribution in [-0.2, 0) is 25.5 Å². The van der Waals surface area contributed by atoms with Gasteiger partial charge in [-0.05, 0) is 26.0 Å². The van der Waals surface area contributed by atoms with E-state index < -0.39 is 17.9 Å². The molecule has 0 fully saturated rings. The second kappa shape index (κ2) is 9.64. The molecule has 0 unspecified atom stereocenters. The summed E-state index contributed by atoms with van der Waals surface area (Å²) >= 11 is 0. The van der Waals surface area contributed by atoms with E-state index in [-0.39, 0.29) is 19.6 Å². The van der Waals surface area contributed by atoms with Crippen LogP contribution in [0.15, 0.2) is 12.1 Å². The molecule has 1 rings (SSSR count). The van der Waals surface area contributed by atoms with Crippen molar-refractivity contribution in [2.45, 2.75) is 20.3 Å². The number of carbonyl (C=O) groups is 2. The maximum Gasteiger partial charge on any atom is 0.320 e. The van der Waals surface area contributed by atoms with E-state index in [0.29, 0.717) is 22.8 Å². The summed E-state index contributed by atoms with van der Waals surface area (Å²) in [6.07, 6.45) is 0.0151. The van der Waals surface area contributed by atoms with Gasteiger partial charge in [-0.25, -0.2) is 0 Å². The number of ether oxygens (including phenoxy) is 5. The third-order valence-corrected chi connectivity index (χ3v) is 3.38. The Morgan fingerprint density at radius 2 is 1.38 bits per heavy atom. The van der Waals surface area contributed by atoms with Crippen LogP contribution in [0.5, 0.6) is 17.2 Å². The number of hydrogen-bond acceptors (Lipinski definition) is 7. The lowest BCUT2D eigenvalue weighted by Crippen LogP contribution is -2.30. The van der Waals surface area contributed by atoms with Gasteiger partial charge < -0.3 is 23.7 Å². The Labute approximate surface area is 141 Å². The highest BCUT2D eigenvalue weighted by Crippen LogP contribution is 2.39. The highest BCUT2D eigenvalue weighted by Gasteiger charge is 2.32. The summed E-state index contributed by atoms with van der Waals surface area (Å²) in [5.41, 5.74) is 0.533. The summed E-state index contributed by atoms with van der Waals surface area (Å²) in [6, 6.07) is 3.37. The topological polar surface area (TPSA) is 80.3 Å². The first-order chi connectivity index (χ1) is 11.5. The fraction of sp³-hybridized carbons (Fsp3) is 0.529. The van der Waals surface area contributed by atoms with Crippen LogP contribution < -0.4 is 14.2 Å². The van der Waals surface area contributed by atoms with Crippen LogP contribution in [0.4, 0.5) is 0 Å². The predicted octanol–water partition coefficient (Wildman–Crippen LogP) is 2.00. The summed E-state index contributed by atoms with van der Waals surface area (Å²) in [5, 5.41) is 0. The van der Waals surface area contributed by atoms with Crippen LogP contribution in [0.25, 0.3) is 0 Å². The largest absolute Gasteiger partial charge is 0.496 e. The van der Waals surface area contributed by atoms with Gasteiger partial charge in [0, 0.05) is 12.0 Å². The SMILES string of the molecule is CCOC(=O)C(Cc1c(OC)ccc(OC)c1OC)C(=O)OCC. The lowest BCUT2D eigenvalue weighted by Gasteiger charge is -2.19. The van der Waals surface area contributed by atoms with Crippen molar-refractivity contribution in [2.75, 3.05) is 34.5 Å². The van der Waals surface area contributed by atoms with Gasteiger partial charge >= 0.3 is 11.9 Å². The maximum absolute atomic E-state index is 12.2. The first-order valence-corrected chi connectivity index (χ1v) is 7.65. The van der Waals surface area contributed by atoms with E-state index in [1.165, 1.54) is 21.3 Å². The van der Waals surface area contributed by atoms with Crippen LogP contribution in [0, 0.1) is 5.92 Å². The van der Waals surface area contributed by atoms with E-state index in [2.05, 4.69) is 0 Å².